The summed E-state index contributed by atoms with van der Waals surface area (Å²) in [7, 11) is -0.748. The Bertz CT molecular complexity index is 2620. The summed E-state index contributed by atoms with van der Waals surface area (Å²) in [6.45, 7) is 9.92. The first-order valence-electron chi connectivity index (χ1n) is 17.2. The van der Waals surface area contributed by atoms with Gasteiger partial charge in [0.2, 0.25) is 0 Å². The SMILES string of the molecule is C[Si](C)C1C=CC(C2=c3ccccc3=CC2(C)c2cccc3ccccc23)=C1C1=c2ccccc2=CC1(C)c1cccc2ccccc12. The summed E-state index contributed by atoms with van der Waals surface area (Å²) in [5, 5.41) is 10.6. The van der Waals surface area contributed by atoms with E-state index in [1.54, 1.807) is 0 Å². The normalized spacial score (nSPS) is 22.8. The predicted octanol–water partition coefficient (Wildman–Crippen LogP) is 8.49. The van der Waals surface area contributed by atoms with E-state index in [-0.39, 0.29) is 10.8 Å². The summed E-state index contributed by atoms with van der Waals surface area (Å²) in [5.74, 6) is 0. The van der Waals surface area contributed by atoms with Crippen molar-refractivity contribution >= 4 is 53.6 Å². The summed E-state index contributed by atoms with van der Waals surface area (Å²) in [6, 6.07) is 49.8. The second-order valence-corrected chi connectivity index (χ2v) is 17.2. The minimum Gasteiger partial charge on any atom is -0.0794 e. The van der Waals surface area contributed by atoms with Crippen LogP contribution in [-0.4, -0.2) is 8.80 Å². The molecule has 6 aromatic rings. The van der Waals surface area contributed by atoms with E-state index < -0.39 is 8.80 Å². The summed E-state index contributed by atoms with van der Waals surface area (Å²) < 4.78 is 0. The van der Waals surface area contributed by atoms with Crippen LogP contribution in [-0.2, 0) is 10.8 Å². The number of benzene rings is 6. The Morgan fingerprint density at radius 2 is 0.958 bits per heavy atom. The maximum atomic E-state index is 2.56. The van der Waals surface area contributed by atoms with E-state index in [0.29, 0.717) is 5.54 Å². The molecule has 0 amide bonds. The van der Waals surface area contributed by atoms with E-state index in [4.69, 9.17) is 0 Å². The zero-order chi connectivity index (χ0) is 32.6. The minimum atomic E-state index is -0.748. The third-order valence-corrected chi connectivity index (χ3v) is 13.0. The van der Waals surface area contributed by atoms with Crippen LogP contribution in [0.15, 0.2) is 157 Å². The molecule has 0 bridgehead atoms. The van der Waals surface area contributed by atoms with E-state index in [2.05, 4.69) is 185 Å². The van der Waals surface area contributed by atoms with Crippen molar-refractivity contribution < 1.29 is 0 Å². The van der Waals surface area contributed by atoms with Gasteiger partial charge in [-0.3, -0.25) is 0 Å². The van der Waals surface area contributed by atoms with E-state index in [0.717, 1.165) is 0 Å². The number of allylic oxidation sites excluding steroid dienone is 4. The van der Waals surface area contributed by atoms with Crippen molar-refractivity contribution in [2.24, 2.45) is 0 Å². The summed E-state index contributed by atoms with van der Waals surface area (Å²) in [4.78, 5) is 0. The van der Waals surface area contributed by atoms with Crippen LogP contribution in [0.3, 0.4) is 0 Å². The molecule has 3 aliphatic carbocycles. The van der Waals surface area contributed by atoms with Crippen LogP contribution in [0.2, 0.25) is 18.6 Å². The van der Waals surface area contributed by atoms with Crippen molar-refractivity contribution in [3.63, 3.8) is 0 Å². The standard InChI is InChI=1S/C47H39Si/c1-46(40-25-13-19-31-15-5-9-21-35(31)40)29-33-17-7-11-23-37(33)44(46)39-27-28-42(48(3)4)43(39)45-38-24-12-8-18-34(38)30-47(45,2)41-26-14-20-32-16-6-10-22-36(32)41/h5-30,42H,1-4H3. The van der Waals surface area contributed by atoms with Gasteiger partial charge in [-0.2, -0.15) is 0 Å². The van der Waals surface area contributed by atoms with Crippen molar-refractivity contribution in [3.8, 4) is 0 Å². The molecule has 0 aliphatic heterocycles. The topological polar surface area (TPSA) is 0 Å². The molecule has 0 nitrogen and oxygen atoms in total. The molecule has 0 heterocycles. The molecule has 0 N–H and O–H groups in total. The molecule has 0 saturated heterocycles. The molecule has 3 unspecified atom stereocenters. The zero-order valence-corrected chi connectivity index (χ0v) is 29.1. The highest BCUT2D eigenvalue weighted by atomic mass is 28.3. The van der Waals surface area contributed by atoms with Crippen molar-refractivity contribution in [2.75, 3.05) is 0 Å². The van der Waals surface area contributed by atoms with Gasteiger partial charge in [0.25, 0.3) is 0 Å². The first kappa shape index (κ1) is 29.2. The summed E-state index contributed by atoms with van der Waals surface area (Å²) in [6.07, 6.45) is 10.1. The number of rotatable bonds is 5. The first-order valence-corrected chi connectivity index (χ1v) is 19.8. The summed E-state index contributed by atoms with van der Waals surface area (Å²) >= 11 is 0. The average Bonchev–Trinajstić information content (AvgIpc) is 3.76. The molecular weight excluding hydrogens is 593 g/mol. The second-order valence-electron chi connectivity index (χ2n) is 14.4. The quantitative estimate of drug-likeness (QED) is 0.168. The summed E-state index contributed by atoms with van der Waals surface area (Å²) in [5.41, 5.74) is 8.38. The predicted molar refractivity (Wildman–Crippen MR) is 207 cm³/mol. The van der Waals surface area contributed by atoms with Crippen LogP contribution in [0.5, 0.6) is 0 Å². The highest BCUT2D eigenvalue weighted by Gasteiger charge is 2.44. The van der Waals surface area contributed by atoms with Crippen molar-refractivity contribution in [3.05, 3.63) is 189 Å². The lowest BCUT2D eigenvalue weighted by Crippen LogP contribution is -2.30. The molecule has 48 heavy (non-hydrogen) atoms. The van der Waals surface area contributed by atoms with Crippen molar-refractivity contribution in [1.82, 2.24) is 0 Å². The highest BCUT2D eigenvalue weighted by molar-refractivity contribution is 6.59. The van der Waals surface area contributed by atoms with Crippen LogP contribution >= 0.6 is 0 Å². The Kier molecular flexibility index (Phi) is 6.55. The van der Waals surface area contributed by atoms with Gasteiger partial charge in [-0.15, -0.1) is 0 Å². The lowest BCUT2D eigenvalue weighted by Gasteiger charge is -2.35. The van der Waals surface area contributed by atoms with Gasteiger partial charge in [-0.1, -0.05) is 171 Å². The third-order valence-electron chi connectivity index (χ3n) is 11.3. The van der Waals surface area contributed by atoms with Crippen LogP contribution < -0.4 is 20.9 Å². The Balaban J connectivity index is 1.41. The van der Waals surface area contributed by atoms with Gasteiger partial charge in [-0.05, 0) is 95.2 Å². The monoisotopic (exact) mass is 631 g/mol. The van der Waals surface area contributed by atoms with Crippen molar-refractivity contribution in [1.29, 1.82) is 0 Å². The first-order chi connectivity index (χ1) is 23.4. The largest absolute Gasteiger partial charge is 0.0794 e. The van der Waals surface area contributed by atoms with Gasteiger partial charge in [0.15, 0.2) is 0 Å². The molecule has 0 saturated carbocycles. The Morgan fingerprint density at radius 3 is 1.52 bits per heavy atom. The van der Waals surface area contributed by atoms with Gasteiger partial charge in [0.05, 0.1) is 8.80 Å². The molecule has 6 aromatic carbocycles. The molecule has 0 spiro atoms. The van der Waals surface area contributed by atoms with E-state index >= 15 is 0 Å². The van der Waals surface area contributed by atoms with Gasteiger partial charge in [0, 0.05) is 10.8 Å². The lowest BCUT2D eigenvalue weighted by atomic mass is 9.69. The molecule has 0 aromatic heterocycles. The third kappa shape index (κ3) is 4.14. The molecule has 3 atom stereocenters. The highest BCUT2D eigenvalue weighted by Crippen LogP contribution is 2.54. The Hall–Kier alpha value is -4.98. The van der Waals surface area contributed by atoms with Gasteiger partial charge in [0.1, 0.15) is 0 Å². The molecule has 1 radical (unpaired) electrons. The van der Waals surface area contributed by atoms with Gasteiger partial charge in [-0.25, -0.2) is 0 Å². The molecule has 0 fully saturated rings. The van der Waals surface area contributed by atoms with E-state index in [9.17, 15) is 0 Å². The molecule has 3 aliphatic rings. The fourth-order valence-corrected chi connectivity index (χ4v) is 10.6. The Labute approximate surface area is 284 Å². The Morgan fingerprint density at radius 1 is 0.500 bits per heavy atom. The van der Waals surface area contributed by atoms with Gasteiger partial charge < -0.3 is 0 Å². The lowest BCUT2D eigenvalue weighted by molar-refractivity contribution is 0.828. The number of hydrogen-bond acceptors (Lipinski definition) is 0. The maximum Gasteiger partial charge on any atom is 0.0548 e. The maximum absolute atomic E-state index is 2.56. The molecule has 9 rings (SSSR count). The zero-order valence-electron chi connectivity index (χ0n) is 28.1. The molecule has 1 heteroatoms. The second kappa shape index (κ2) is 10.8. The fraction of sp³-hybridized carbons (Fsp3) is 0.149. The van der Waals surface area contributed by atoms with E-state index in [1.165, 1.54) is 75.8 Å². The van der Waals surface area contributed by atoms with Crippen LogP contribution in [0, 0.1) is 0 Å². The van der Waals surface area contributed by atoms with Crippen LogP contribution in [0.25, 0.3) is 44.8 Å². The minimum absolute atomic E-state index is 0.301. The van der Waals surface area contributed by atoms with Gasteiger partial charge >= 0.3 is 0 Å². The fourth-order valence-electron chi connectivity index (χ4n) is 9.19. The van der Waals surface area contributed by atoms with Crippen LogP contribution in [0.1, 0.15) is 25.0 Å². The average molecular weight is 632 g/mol. The number of hydrogen-bond donors (Lipinski definition) is 0. The van der Waals surface area contributed by atoms with Crippen molar-refractivity contribution in [2.45, 2.75) is 43.3 Å². The van der Waals surface area contributed by atoms with E-state index in [1.807, 2.05) is 0 Å². The van der Waals surface area contributed by atoms with Crippen LogP contribution in [0.4, 0.5) is 0 Å². The molecular formula is C47H39Si. The molecule has 231 valence electrons. The number of fused-ring (bicyclic) bond motifs is 4. The smallest absolute Gasteiger partial charge is 0.0548 e.